The molecule has 2 aromatic heterocycles. The molecule has 0 amide bonds. The van der Waals surface area contributed by atoms with Crippen LogP contribution in [-0.2, 0) is 11.2 Å². The number of ether oxygens (including phenoxy) is 1. The highest BCUT2D eigenvalue weighted by atomic mass is 127. The monoisotopic (exact) mass is 561 g/mol. The van der Waals surface area contributed by atoms with E-state index in [0.29, 0.717) is 29.8 Å². The number of nitrogens with one attached hydrogen (secondary N) is 1. The summed E-state index contributed by atoms with van der Waals surface area (Å²) in [5.74, 6) is 2.16. The number of piperidine rings is 1. The predicted octanol–water partition coefficient (Wildman–Crippen LogP) is 4.80. The van der Waals surface area contributed by atoms with Crippen molar-refractivity contribution in [2.45, 2.75) is 71.5 Å². The average Bonchev–Trinajstić information content (AvgIpc) is 3.46. The van der Waals surface area contributed by atoms with E-state index < -0.39 is 0 Å². The first-order chi connectivity index (χ1) is 15.9. The number of hydrogen-bond acceptors (Lipinski definition) is 7. The van der Waals surface area contributed by atoms with Gasteiger partial charge in [0.1, 0.15) is 5.82 Å². The van der Waals surface area contributed by atoms with Crippen LogP contribution in [0.5, 0.6) is 0 Å². The van der Waals surface area contributed by atoms with Crippen LogP contribution in [0, 0.1) is 17.4 Å². The second-order valence-corrected chi connectivity index (χ2v) is 10.6. The minimum absolute atomic E-state index is 0.346. The van der Waals surface area contributed by atoms with Crippen molar-refractivity contribution in [1.82, 2.24) is 20.4 Å². The van der Waals surface area contributed by atoms with Crippen LogP contribution in [0.3, 0.4) is 0 Å². The lowest BCUT2D eigenvalue weighted by Gasteiger charge is -2.40. The minimum Gasteiger partial charge on any atom is -0.380 e. The number of rotatable bonds is 5. The molecule has 0 saturated carbocycles. The number of anilines is 1. The smallest absolute Gasteiger partial charge is 0.261 e. The second kappa shape index (κ2) is 9.46. The Bertz CT molecular complexity index is 1160. The Hall–Kier alpha value is -1.78. The highest BCUT2D eigenvalue weighted by molar-refractivity contribution is 14.1. The summed E-state index contributed by atoms with van der Waals surface area (Å²) in [5, 5.41) is 9.07. The maximum Gasteiger partial charge on any atom is 0.261 e. The van der Waals surface area contributed by atoms with Crippen molar-refractivity contribution >= 4 is 39.3 Å². The lowest BCUT2D eigenvalue weighted by Crippen LogP contribution is -2.50. The zero-order valence-electron chi connectivity index (χ0n) is 19.8. The number of pyridine rings is 1. The molecule has 8 heteroatoms. The zero-order chi connectivity index (χ0) is 23.1. The molecule has 1 N–H and O–H groups in total. The Labute approximate surface area is 208 Å². The fourth-order valence-electron chi connectivity index (χ4n) is 5.22. The van der Waals surface area contributed by atoms with Crippen molar-refractivity contribution in [2.75, 3.05) is 24.7 Å². The summed E-state index contributed by atoms with van der Waals surface area (Å²) in [6, 6.07) is 5.85. The quantitative estimate of drug-likeness (QED) is 0.449. The Kier molecular flexibility index (Phi) is 6.59. The second-order valence-electron chi connectivity index (χ2n) is 9.40. The maximum absolute atomic E-state index is 5.69. The van der Waals surface area contributed by atoms with E-state index in [9.17, 15) is 0 Å². The van der Waals surface area contributed by atoms with Gasteiger partial charge in [0.15, 0.2) is 5.82 Å². The summed E-state index contributed by atoms with van der Waals surface area (Å²) in [6.07, 6.45) is 4.25. The molecule has 2 fully saturated rings. The molecule has 0 aliphatic carbocycles. The highest BCUT2D eigenvalue weighted by Gasteiger charge is 2.32. The van der Waals surface area contributed by atoms with Gasteiger partial charge in [-0.15, -0.1) is 0 Å². The van der Waals surface area contributed by atoms with Crippen LogP contribution >= 0.6 is 22.6 Å². The Morgan fingerprint density at radius 3 is 2.70 bits per heavy atom. The molecule has 3 atom stereocenters. The van der Waals surface area contributed by atoms with Crippen molar-refractivity contribution in [3.8, 4) is 11.5 Å². The van der Waals surface area contributed by atoms with Gasteiger partial charge in [-0.1, -0.05) is 12.1 Å². The molecule has 176 valence electrons. The topological polar surface area (TPSA) is 76.3 Å². The Morgan fingerprint density at radius 1 is 1.18 bits per heavy atom. The predicted molar refractivity (Wildman–Crippen MR) is 139 cm³/mol. The zero-order valence-corrected chi connectivity index (χ0v) is 22.0. The summed E-state index contributed by atoms with van der Waals surface area (Å²) < 4.78 is 12.4. The van der Waals surface area contributed by atoms with Crippen molar-refractivity contribution in [3.05, 3.63) is 32.7 Å². The molecule has 4 heterocycles. The van der Waals surface area contributed by atoms with E-state index in [2.05, 4.69) is 75.9 Å². The van der Waals surface area contributed by atoms with Crippen LogP contribution in [0.15, 0.2) is 16.7 Å². The van der Waals surface area contributed by atoms with E-state index in [1.165, 1.54) is 14.5 Å². The van der Waals surface area contributed by atoms with Crippen LogP contribution in [0.2, 0.25) is 0 Å². The van der Waals surface area contributed by atoms with E-state index in [1.807, 2.05) is 6.92 Å². The van der Waals surface area contributed by atoms with Gasteiger partial charge >= 0.3 is 0 Å². The van der Waals surface area contributed by atoms with Gasteiger partial charge in [0.25, 0.3) is 5.89 Å². The van der Waals surface area contributed by atoms with E-state index in [0.717, 1.165) is 67.9 Å². The Morgan fingerprint density at radius 2 is 2.03 bits per heavy atom. The minimum atomic E-state index is 0.346. The van der Waals surface area contributed by atoms with E-state index in [4.69, 9.17) is 14.2 Å². The number of aromatic nitrogens is 3. The molecule has 0 bridgehead atoms. The van der Waals surface area contributed by atoms with Crippen LogP contribution in [0.4, 0.5) is 5.82 Å². The number of benzene rings is 1. The van der Waals surface area contributed by atoms with Crippen molar-refractivity contribution in [2.24, 2.45) is 0 Å². The lowest BCUT2D eigenvalue weighted by molar-refractivity contribution is 0.185. The molecule has 1 unspecified atom stereocenters. The fourth-order valence-corrected chi connectivity index (χ4v) is 6.03. The largest absolute Gasteiger partial charge is 0.380 e. The molecule has 0 radical (unpaired) electrons. The van der Waals surface area contributed by atoms with Gasteiger partial charge in [0.05, 0.1) is 17.7 Å². The molecule has 2 aliphatic rings. The molecular weight excluding hydrogens is 529 g/mol. The Balaban J connectivity index is 1.56. The summed E-state index contributed by atoms with van der Waals surface area (Å²) in [5.41, 5.74) is 4.49. The third-order valence-corrected chi connectivity index (χ3v) is 7.86. The number of aryl methyl sites for hydroxylation is 3. The van der Waals surface area contributed by atoms with Gasteiger partial charge in [-0.05, 0) is 92.3 Å². The maximum atomic E-state index is 5.69. The van der Waals surface area contributed by atoms with Crippen molar-refractivity contribution in [3.63, 3.8) is 0 Å². The molecule has 33 heavy (non-hydrogen) atoms. The average molecular weight is 561 g/mol. The summed E-state index contributed by atoms with van der Waals surface area (Å²) >= 11 is 2.42. The van der Waals surface area contributed by atoms with E-state index >= 15 is 0 Å². The molecule has 5 rings (SSSR count). The summed E-state index contributed by atoms with van der Waals surface area (Å²) in [7, 11) is 0. The van der Waals surface area contributed by atoms with Crippen LogP contribution in [-0.4, -0.2) is 53.0 Å². The van der Waals surface area contributed by atoms with Gasteiger partial charge in [-0.2, -0.15) is 4.98 Å². The third-order valence-electron chi connectivity index (χ3n) is 7.04. The summed E-state index contributed by atoms with van der Waals surface area (Å²) in [6.45, 7) is 11.2. The molecule has 2 saturated heterocycles. The van der Waals surface area contributed by atoms with E-state index in [1.54, 1.807) is 0 Å². The van der Waals surface area contributed by atoms with Crippen LogP contribution < -0.4 is 10.2 Å². The van der Waals surface area contributed by atoms with Gasteiger partial charge in [0.2, 0.25) is 0 Å². The summed E-state index contributed by atoms with van der Waals surface area (Å²) in [4.78, 5) is 12.3. The van der Waals surface area contributed by atoms with Crippen LogP contribution in [0.25, 0.3) is 22.4 Å². The number of halogens is 1. The van der Waals surface area contributed by atoms with Gasteiger partial charge in [0, 0.05) is 40.2 Å². The SMILES string of the molecule is CCc1cc(I)c2nc(N3CC[C@@H](NC4CCOC4)C[C@H]3C)c(-c3nc(C)no3)c(C)c2c1. The molecule has 2 aliphatic heterocycles. The van der Waals surface area contributed by atoms with Gasteiger partial charge < -0.3 is 19.5 Å². The first kappa shape index (κ1) is 23.0. The fraction of sp³-hybridized carbons (Fsp3) is 0.560. The molecule has 7 nitrogen and oxygen atoms in total. The van der Waals surface area contributed by atoms with Crippen molar-refractivity contribution in [1.29, 1.82) is 0 Å². The number of hydrogen-bond donors (Lipinski definition) is 1. The first-order valence-electron chi connectivity index (χ1n) is 12.0. The normalized spacial score (nSPS) is 23.5. The van der Waals surface area contributed by atoms with Crippen LogP contribution in [0.1, 0.15) is 50.1 Å². The van der Waals surface area contributed by atoms with Gasteiger partial charge in [-0.3, -0.25) is 0 Å². The standard InChI is InChI=1S/C25H32IN5O2/c1-5-17-11-20-15(3)22(25-27-16(4)30-33-25)24(29-23(20)21(26)12-17)31-8-6-18(10-14(31)2)28-19-7-9-32-13-19/h11-12,14,18-19,28H,5-10,13H2,1-4H3/t14-,18-,19?/m1/s1. The lowest BCUT2D eigenvalue weighted by atomic mass is 9.95. The van der Waals surface area contributed by atoms with E-state index in [-0.39, 0.29) is 0 Å². The number of nitrogens with zero attached hydrogens (tertiary/aromatic N) is 4. The molecule has 3 aromatic rings. The third kappa shape index (κ3) is 4.49. The van der Waals surface area contributed by atoms with Gasteiger partial charge in [-0.25, -0.2) is 4.98 Å². The van der Waals surface area contributed by atoms with Crippen molar-refractivity contribution < 1.29 is 9.26 Å². The molecule has 1 aromatic carbocycles. The highest BCUT2D eigenvalue weighted by Crippen LogP contribution is 2.39. The number of fused-ring (bicyclic) bond motifs is 1. The first-order valence-corrected chi connectivity index (χ1v) is 13.1. The molecular formula is C25H32IN5O2. The molecule has 0 spiro atoms.